The van der Waals surface area contributed by atoms with Crippen LogP contribution in [0.25, 0.3) is 0 Å². The maximum absolute atomic E-state index is 12.9. The molecule has 1 aromatic carbocycles. The zero-order valence-electron chi connectivity index (χ0n) is 19.3. The first-order valence-corrected chi connectivity index (χ1v) is 13.1. The van der Waals surface area contributed by atoms with Gasteiger partial charge in [-0.05, 0) is 68.7 Å². The van der Waals surface area contributed by atoms with Crippen molar-refractivity contribution in [2.45, 2.75) is 68.2 Å². The number of nitrogens with zero attached hydrogens (tertiary/aromatic N) is 2. The van der Waals surface area contributed by atoms with Gasteiger partial charge in [-0.15, -0.1) is 0 Å². The van der Waals surface area contributed by atoms with E-state index in [-0.39, 0.29) is 35.5 Å². The Hall–Kier alpha value is -1.69. The number of aliphatic hydroxyl groups excluding tert-OH is 1. The molecule has 11 heteroatoms. The highest BCUT2D eigenvalue weighted by Gasteiger charge is 2.34. The Balaban J connectivity index is 1.43. The number of carbonyl (C=O) groups excluding carboxylic acids is 1. The summed E-state index contributed by atoms with van der Waals surface area (Å²) in [5.41, 5.74) is -0.889. The molecule has 0 spiro atoms. The van der Waals surface area contributed by atoms with Crippen LogP contribution in [0, 0.1) is 5.92 Å². The van der Waals surface area contributed by atoms with Crippen molar-refractivity contribution in [3.8, 4) is 0 Å². The van der Waals surface area contributed by atoms with E-state index in [4.69, 9.17) is 4.74 Å². The summed E-state index contributed by atoms with van der Waals surface area (Å²) < 4.78 is 71.1. The van der Waals surface area contributed by atoms with Crippen LogP contribution in [0.1, 0.15) is 50.5 Å². The van der Waals surface area contributed by atoms with Crippen LogP contribution in [-0.4, -0.2) is 74.1 Å². The van der Waals surface area contributed by atoms with Crippen molar-refractivity contribution in [1.82, 2.24) is 9.21 Å². The minimum Gasteiger partial charge on any atom is -0.396 e. The van der Waals surface area contributed by atoms with E-state index < -0.39 is 21.8 Å². The molecule has 1 saturated heterocycles. The zero-order valence-corrected chi connectivity index (χ0v) is 20.2. The summed E-state index contributed by atoms with van der Waals surface area (Å²) in [6.07, 6.45) is -0.202. The molecular weight excluding hydrogens is 473 g/mol. The molecule has 1 N–H and O–H groups in total. The van der Waals surface area contributed by atoms with E-state index in [0.29, 0.717) is 51.8 Å². The number of sulfonamides is 1. The van der Waals surface area contributed by atoms with Crippen LogP contribution in [0.5, 0.6) is 0 Å². The predicted octanol–water partition coefficient (Wildman–Crippen LogP) is 3.27. The lowest BCUT2D eigenvalue weighted by molar-refractivity contribution is -0.137. The third kappa shape index (κ3) is 6.71. The molecule has 0 aromatic heterocycles. The second-order valence-corrected chi connectivity index (χ2v) is 11.1. The Morgan fingerprint density at radius 3 is 2.21 bits per heavy atom. The van der Waals surface area contributed by atoms with Gasteiger partial charge >= 0.3 is 6.18 Å². The summed E-state index contributed by atoms with van der Waals surface area (Å²) in [5, 5.41) is 9.20. The second kappa shape index (κ2) is 11.4. The third-order valence-corrected chi connectivity index (χ3v) is 8.84. The Labute approximate surface area is 198 Å². The summed E-state index contributed by atoms with van der Waals surface area (Å²) in [5.74, 6) is 0.323. The number of hydrogen-bond donors (Lipinski definition) is 1. The Kier molecular flexibility index (Phi) is 8.99. The smallest absolute Gasteiger partial charge is 0.396 e. The van der Waals surface area contributed by atoms with E-state index in [0.717, 1.165) is 37.1 Å². The summed E-state index contributed by atoms with van der Waals surface area (Å²) in [4.78, 5) is 14.0. The van der Waals surface area contributed by atoms with E-state index in [2.05, 4.69) is 0 Å². The van der Waals surface area contributed by atoms with Crippen LogP contribution >= 0.6 is 0 Å². The molecular formula is C23H33F3N2O5S. The second-order valence-electron chi connectivity index (χ2n) is 9.10. The molecule has 1 saturated carbocycles. The topological polar surface area (TPSA) is 87.2 Å². The number of rotatable bonds is 8. The molecule has 1 amide bonds. The van der Waals surface area contributed by atoms with Gasteiger partial charge in [-0.1, -0.05) is 0 Å². The molecule has 1 heterocycles. The van der Waals surface area contributed by atoms with E-state index in [1.165, 1.54) is 11.4 Å². The third-order valence-electron chi connectivity index (χ3n) is 6.91. The van der Waals surface area contributed by atoms with E-state index in [9.17, 15) is 31.5 Å². The van der Waals surface area contributed by atoms with Gasteiger partial charge in [-0.2, -0.15) is 17.5 Å². The van der Waals surface area contributed by atoms with Gasteiger partial charge in [-0.25, -0.2) is 8.42 Å². The van der Waals surface area contributed by atoms with Crippen molar-refractivity contribution in [2.24, 2.45) is 5.92 Å². The van der Waals surface area contributed by atoms with Gasteiger partial charge in [0.05, 0.1) is 29.6 Å². The van der Waals surface area contributed by atoms with Crippen LogP contribution < -0.4 is 0 Å². The van der Waals surface area contributed by atoms with Gasteiger partial charge in [0.1, 0.15) is 0 Å². The minimum absolute atomic E-state index is 0.0486. The van der Waals surface area contributed by atoms with Gasteiger partial charge in [0.15, 0.2) is 0 Å². The molecule has 3 rings (SSSR count). The summed E-state index contributed by atoms with van der Waals surface area (Å²) in [6, 6.07) is 3.28. The van der Waals surface area contributed by atoms with Gasteiger partial charge < -0.3 is 14.7 Å². The van der Waals surface area contributed by atoms with Crippen molar-refractivity contribution >= 4 is 15.9 Å². The number of amides is 1. The average Bonchev–Trinajstić information content (AvgIpc) is 2.83. The highest BCUT2D eigenvalue weighted by atomic mass is 32.2. The largest absolute Gasteiger partial charge is 0.416 e. The highest BCUT2D eigenvalue weighted by molar-refractivity contribution is 7.89. The lowest BCUT2D eigenvalue weighted by Crippen LogP contribution is -2.41. The number of alkyl halides is 3. The van der Waals surface area contributed by atoms with E-state index in [1.807, 2.05) is 4.90 Å². The highest BCUT2D eigenvalue weighted by Crippen LogP contribution is 2.32. The van der Waals surface area contributed by atoms with Gasteiger partial charge in [0.2, 0.25) is 15.9 Å². The lowest BCUT2D eigenvalue weighted by Gasteiger charge is -2.34. The first kappa shape index (κ1) is 26.9. The van der Waals surface area contributed by atoms with Crippen molar-refractivity contribution in [2.75, 3.05) is 33.4 Å². The maximum atomic E-state index is 12.9. The van der Waals surface area contributed by atoms with Crippen LogP contribution in [0.3, 0.4) is 0 Å². The summed E-state index contributed by atoms with van der Waals surface area (Å²) in [6.45, 7) is 1.80. The normalized spacial score (nSPS) is 22.8. The molecule has 0 unspecified atom stereocenters. The molecule has 0 bridgehead atoms. The number of piperidine rings is 1. The predicted molar refractivity (Wildman–Crippen MR) is 119 cm³/mol. The van der Waals surface area contributed by atoms with Gasteiger partial charge in [0, 0.05) is 32.8 Å². The molecule has 1 aromatic rings. The molecule has 2 fully saturated rings. The molecule has 1 aliphatic heterocycles. The molecule has 0 atom stereocenters. The van der Waals surface area contributed by atoms with Crippen molar-refractivity contribution in [1.29, 1.82) is 0 Å². The minimum atomic E-state index is -4.52. The standard InChI is InChI=1S/C23H33F3N2O5S/c1-27(34(31,32)21-8-2-18(3-9-21)23(24,25)26)19-4-6-20(7-5-19)33-15-12-22(30)28-13-10-17(16-29)11-14-28/h2-3,8-9,17,19-20,29H,4-7,10-16H2,1H3. The maximum Gasteiger partial charge on any atom is 0.416 e. The zero-order chi connectivity index (χ0) is 24.9. The Morgan fingerprint density at radius 1 is 1.09 bits per heavy atom. The number of benzene rings is 1. The van der Waals surface area contributed by atoms with Gasteiger partial charge in [0.25, 0.3) is 0 Å². The van der Waals surface area contributed by atoms with Crippen LogP contribution in [0.2, 0.25) is 0 Å². The van der Waals surface area contributed by atoms with Crippen molar-refractivity contribution < 1.29 is 36.2 Å². The SMILES string of the molecule is CN(C1CCC(OCCC(=O)N2CCC(CO)CC2)CC1)S(=O)(=O)c1ccc(C(F)(F)F)cc1. The fourth-order valence-electron chi connectivity index (χ4n) is 4.59. The molecule has 7 nitrogen and oxygen atoms in total. The first-order valence-electron chi connectivity index (χ1n) is 11.7. The first-order chi connectivity index (χ1) is 16.0. The van der Waals surface area contributed by atoms with E-state index in [1.54, 1.807) is 0 Å². The number of halogens is 3. The van der Waals surface area contributed by atoms with Crippen molar-refractivity contribution in [3.63, 3.8) is 0 Å². The number of carbonyl (C=O) groups is 1. The number of aliphatic hydroxyl groups is 1. The van der Waals surface area contributed by atoms with E-state index >= 15 is 0 Å². The van der Waals surface area contributed by atoms with Crippen LogP contribution in [-0.2, 0) is 25.7 Å². The number of hydrogen-bond acceptors (Lipinski definition) is 5. The van der Waals surface area contributed by atoms with Crippen LogP contribution in [0.15, 0.2) is 29.2 Å². The summed E-state index contributed by atoms with van der Waals surface area (Å²) in [7, 11) is -2.45. The molecule has 0 radical (unpaired) electrons. The quantitative estimate of drug-likeness (QED) is 0.585. The average molecular weight is 507 g/mol. The molecule has 1 aliphatic carbocycles. The lowest BCUT2D eigenvalue weighted by atomic mass is 9.93. The fourth-order valence-corrected chi connectivity index (χ4v) is 6.01. The fraction of sp³-hybridized carbons (Fsp3) is 0.696. The molecule has 192 valence electrons. The Morgan fingerprint density at radius 2 is 1.68 bits per heavy atom. The monoisotopic (exact) mass is 506 g/mol. The Bertz CT molecular complexity index is 908. The molecule has 2 aliphatic rings. The number of likely N-dealkylation sites (tertiary alicyclic amines) is 1. The number of ether oxygens (including phenoxy) is 1. The molecule has 34 heavy (non-hydrogen) atoms. The summed E-state index contributed by atoms with van der Waals surface area (Å²) >= 11 is 0. The van der Waals surface area contributed by atoms with Crippen LogP contribution in [0.4, 0.5) is 13.2 Å². The van der Waals surface area contributed by atoms with Crippen molar-refractivity contribution in [3.05, 3.63) is 29.8 Å². The van der Waals surface area contributed by atoms with Gasteiger partial charge in [-0.3, -0.25) is 4.79 Å².